The lowest BCUT2D eigenvalue weighted by atomic mass is 10.2. The molecule has 0 N–H and O–H groups in total. The zero-order valence-electron chi connectivity index (χ0n) is 6.97. The van der Waals surface area contributed by atoms with Gasteiger partial charge in [0.2, 0.25) is 5.78 Å². The van der Waals surface area contributed by atoms with Gasteiger partial charge < -0.3 is 9.13 Å². The average molecular weight is 172 g/mol. The first-order valence-corrected chi connectivity index (χ1v) is 4.21. The molecule has 3 rings (SSSR count). The number of carbonyl (C=O) groups is 1. The summed E-state index contributed by atoms with van der Waals surface area (Å²) in [6.07, 6.45) is 3.85. The van der Waals surface area contributed by atoms with Gasteiger partial charge in [0.15, 0.2) is 0 Å². The first-order valence-electron chi connectivity index (χ1n) is 4.21. The van der Waals surface area contributed by atoms with Crippen LogP contribution >= 0.6 is 0 Å². The summed E-state index contributed by atoms with van der Waals surface area (Å²) in [4.78, 5) is 11.8. The molecule has 0 aromatic carbocycles. The van der Waals surface area contributed by atoms with Crippen LogP contribution in [0.4, 0.5) is 0 Å². The molecule has 0 bridgehead atoms. The van der Waals surface area contributed by atoms with Crippen molar-refractivity contribution in [2.24, 2.45) is 0 Å². The largest absolute Gasteiger partial charge is 0.326 e. The van der Waals surface area contributed by atoms with Gasteiger partial charge >= 0.3 is 0 Å². The van der Waals surface area contributed by atoms with E-state index in [0.29, 0.717) is 0 Å². The van der Waals surface area contributed by atoms with Gasteiger partial charge in [-0.1, -0.05) is 0 Å². The van der Waals surface area contributed by atoms with Crippen LogP contribution in [0.25, 0.3) is 0 Å². The first-order chi connectivity index (χ1) is 6.36. The molecule has 0 aliphatic carbocycles. The number of fused-ring (bicyclic) bond motifs is 2. The van der Waals surface area contributed by atoms with Crippen LogP contribution in [0.2, 0.25) is 0 Å². The number of nitrogens with zero attached hydrogens (tertiary/aromatic N) is 2. The first kappa shape index (κ1) is 6.71. The third-order valence-corrected chi connectivity index (χ3v) is 2.43. The number of hydrogen-bond donors (Lipinski definition) is 0. The third-order valence-electron chi connectivity index (χ3n) is 2.43. The average Bonchev–Trinajstić information content (AvgIpc) is 2.71. The van der Waals surface area contributed by atoms with Crippen molar-refractivity contribution in [2.45, 2.75) is 6.67 Å². The van der Waals surface area contributed by atoms with Crippen LogP contribution in [0, 0.1) is 0 Å². The molecule has 0 radical (unpaired) electrons. The van der Waals surface area contributed by atoms with Crippen molar-refractivity contribution in [3.63, 3.8) is 0 Å². The lowest BCUT2D eigenvalue weighted by molar-refractivity contribution is 0.101. The van der Waals surface area contributed by atoms with E-state index in [1.165, 1.54) is 0 Å². The molecule has 64 valence electrons. The Hall–Kier alpha value is -1.77. The van der Waals surface area contributed by atoms with Crippen molar-refractivity contribution >= 4 is 5.78 Å². The van der Waals surface area contributed by atoms with Gasteiger partial charge in [-0.25, -0.2) is 0 Å². The van der Waals surface area contributed by atoms with E-state index >= 15 is 0 Å². The van der Waals surface area contributed by atoms with Gasteiger partial charge in [0.05, 0.1) is 18.1 Å². The predicted molar refractivity (Wildman–Crippen MR) is 47.7 cm³/mol. The molecule has 0 saturated carbocycles. The Balaban J connectivity index is 2.27. The van der Waals surface area contributed by atoms with E-state index in [9.17, 15) is 4.79 Å². The van der Waals surface area contributed by atoms with Gasteiger partial charge in [-0.2, -0.15) is 0 Å². The monoisotopic (exact) mass is 172 g/mol. The van der Waals surface area contributed by atoms with Crippen LogP contribution < -0.4 is 0 Å². The van der Waals surface area contributed by atoms with E-state index < -0.39 is 0 Å². The second kappa shape index (κ2) is 2.13. The highest BCUT2D eigenvalue weighted by Gasteiger charge is 2.21. The van der Waals surface area contributed by atoms with Gasteiger partial charge in [-0.15, -0.1) is 0 Å². The molecular weight excluding hydrogens is 164 g/mol. The van der Waals surface area contributed by atoms with Crippen LogP contribution in [0.5, 0.6) is 0 Å². The van der Waals surface area contributed by atoms with Gasteiger partial charge in [0.1, 0.15) is 0 Å². The van der Waals surface area contributed by atoms with Crippen molar-refractivity contribution in [1.29, 1.82) is 0 Å². The van der Waals surface area contributed by atoms with Crippen molar-refractivity contribution in [3.05, 3.63) is 48.0 Å². The normalized spacial score (nSPS) is 14.0. The topological polar surface area (TPSA) is 26.9 Å². The molecular formula is C10H8N2O. The highest BCUT2D eigenvalue weighted by atomic mass is 16.1. The van der Waals surface area contributed by atoms with Crippen LogP contribution in [0.3, 0.4) is 0 Å². The number of rotatable bonds is 0. The lowest BCUT2D eigenvalue weighted by Crippen LogP contribution is -2.23. The lowest BCUT2D eigenvalue weighted by Gasteiger charge is -2.17. The molecule has 0 fully saturated rings. The maximum atomic E-state index is 11.8. The molecule has 1 aliphatic heterocycles. The van der Waals surface area contributed by atoms with Crippen LogP contribution in [0.15, 0.2) is 36.7 Å². The summed E-state index contributed by atoms with van der Waals surface area (Å²) in [5.41, 5.74) is 1.57. The Morgan fingerprint density at radius 1 is 1.00 bits per heavy atom. The summed E-state index contributed by atoms with van der Waals surface area (Å²) in [7, 11) is 0. The fourth-order valence-electron chi connectivity index (χ4n) is 1.78. The summed E-state index contributed by atoms with van der Waals surface area (Å²) in [5, 5.41) is 0. The molecule has 0 atom stereocenters. The Bertz CT molecular complexity index is 436. The molecule has 0 amide bonds. The van der Waals surface area contributed by atoms with Gasteiger partial charge in [0.25, 0.3) is 0 Å². The Kier molecular flexibility index (Phi) is 1.10. The van der Waals surface area contributed by atoms with Gasteiger partial charge in [0, 0.05) is 12.4 Å². The van der Waals surface area contributed by atoms with Crippen LogP contribution in [-0.4, -0.2) is 14.9 Å². The highest BCUT2D eigenvalue weighted by molar-refractivity contribution is 6.07. The molecule has 13 heavy (non-hydrogen) atoms. The second-order valence-electron chi connectivity index (χ2n) is 3.20. The summed E-state index contributed by atoms with van der Waals surface area (Å²) in [6.45, 7) is 0.746. The number of aromatic nitrogens is 2. The van der Waals surface area contributed by atoms with Crippen molar-refractivity contribution in [2.75, 3.05) is 0 Å². The Morgan fingerprint density at radius 3 is 2.08 bits per heavy atom. The molecule has 2 aromatic rings. The van der Waals surface area contributed by atoms with E-state index in [-0.39, 0.29) is 5.78 Å². The maximum absolute atomic E-state index is 11.8. The van der Waals surface area contributed by atoms with E-state index in [1.54, 1.807) is 0 Å². The van der Waals surface area contributed by atoms with Crippen LogP contribution in [0.1, 0.15) is 16.2 Å². The SMILES string of the molecule is O=C1c2cccn2Cn2cccc21. The summed E-state index contributed by atoms with van der Waals surface area (Å²) in [5.74, 6) is 0.112. The molecule has 3 nitrogen and oxygen atoms in total. The fraction of sp³-hybridized carbons (Fsp3) is 0.100. The standard InChI is InChI=1S/C10H8N2O/c13-10-8-3-1-5-11(8)7-12-6-2-4-9(10)12/h1-6H,7H2. The smallest absolute Gasteiger partial charge is 0.225 e. The van der Waals surface area contributed by atoms with E-state index in [0.717, 1.165) is 18.1 Å². The maximum Gasteiger partial charge on any atom is 0.225 e. The van der Waals surface area contributed by atoms with E-state index in [1.807, 2.05) is 45.8 Å². The molecule has 0 unspecified atom stereocenters. The minimum absolute atomic E-state index is 0.112. The third kappa shape index (κ3) is 0.758. The highest BCUT2D eigenvalue weighted by Crippen LogP contribution is 2.17. The molecule has 1 aliphatic rings. The quantitative estimate of drug-likeness (QED) is 0.502. The minimum atomic E-state index is 0.112. The molecule has 2 aromatic heterocycles. The van der Waals surface area contributed by atoms with Crippen molar-refractivity contribution < 1.29 is 4.79 Å². The molecule has 3 heterocycles. The van der Waals surface area contributed by atoms with E-state index in [4.69, 9.17) is 0 Å². The zero-order valence-corrected chi connectivity index (χ0v) is 6.97. The number of carbonyl (C=O) groups excluding carboxylic acids is 1. The Morgan fingerprint density at radius 2 is 1.54 bits per heavy atom. The predicted octanol–water partition coefficient (Wildman–Crippen LogP) is 1.34. The number of hydrogen-bond acceptors (Lipinski definition) is 1. The minimum Gasteiger partial charge on any atom is -0.326 e. The summed E-state index contributed by atoms with van der Waals surface area (Å²) < 4.78 is 3.91. The van der Waals surface area contributed by atoms with Crippen molar-refractivity contribution in [1.82, 2.24) is 9.13 Å². The van der Waals surface area contributed by atoms with Gasteiger partial charge in [-0.3, -0.25) is 4.79 Å². The molecule has 0 spiro atoms. The van der Waals surface area contributed by atoms with Gasteiger partial charge in [-0.05, 0) is 24.3 Å². The second-order valence-corrected chi connectivity index (χ2v) is 3.20. The fourth-order valence-corrected chi connectivity index (χ4v) is 1.78. The Labute approximate surface area is 75.2 Å². The zero-order chi connectivity index (χ0) is 8.84. The van der Waals surface area contributed by atoms with E-state index in [2.05, 4.69) is 0 Å². The summed E-state index contributed by atoms with van der Waals surface area (Å²) >= 11 is 0. The molecule has 3 heteroatoms. The number of ketones is 1. The van der Waals surface area contributed by atoms with Crippen LogP contribution in [-0.2, 0) is 6.67 Å². The van der Waals surface area contributed by atoms with Crippen molar-refractivity contribution in [3.8, 4) is 0 Å². The molecule has 0 saturated heterocycles. The summed E-state index contributed by atoms with van der Waals surface area (Å²) in [6, 6.07) is 7.52.